The standard InChI is InChI=1S/C13H13N5O3/c1-20-9-3-4-10(11(5-9)21-2)16-13(19)7-18-8-15-12(6-14)17-18/h3-5,8H,7H2,1-2H3,(H,16,19). The van der Waals surface area contributed by atoms with E-state index in [2.05, 4.69) is 15.4 Å². The molecule has 1 N–H and O–H groups in total. The second-order valence-corrected chi connectivity index (χ2v) is 3.99. The number of nitrogens with one attached hydrogen (secondary N) is 1. The van der Waals surface area contributed by atoms with E-state index >= 15 is 0 Å². The van der Waals surface area contributed by atoms with E-state index in [1.54, 1.807) is 31.4 Å². The predicted octanol–water partition coefficient (Wildman–Crippen LogP) is 0.806. The minimum atomic E-state index is -0.312. The Morgan fingerprint density at radius 3 is 2.86 bits per heavy atom. The molecule has 0 spiro atoms. The molecule has 8 heteroatoms. The molecule has 0 saturated heterocycles. The van der Waals surface area contributed by atoms with Gasteiger partial charge in [0.1, 0.15) is 30.4 Å². The highest BCUT2D eigenvalue weighted by atomic mass is 16.5. The van der Waals surface area contributed by atoms with Crippen molar-refractivity contribution in [1.82, 2.24) is 14.8 Å². The zero-order valence-electron chi connectivity index (χ0n) is 11.5. The number of anilines is 1. The smallest absolute Gasteiger partial charge is 0.252 e. The highest BCUT2D eigenvalue weighted by Crippen LogP contribution is 2.28. The summed E-state index contributed by atoms with van der Waals surface area (Å²) < 4.78 is 11.6. The average Bonchev–Trinajstić information content (AvgIpc) is 2.95. The highest BCUT2D eigenvalue weighted by Gasteiger charge is 2.10. The lowest BCUT2D eigenvalue weighted by Gasteiger charge is -2.11. The minimum Gasteiger partial charge on any atom is -0.497 e. The van der Waals surface area contributed by atoms with Gasteiger partial charge < -0.3 is 14.8 Å². The number of nitrogens with zero attached hydrogens (tertiary/aromatic N) is 4. The molecule has 2 aromatic rings. The summed E-state index contributed by atoms with van der Waals surface area (Å²) in [5, 5.41) is 15.1. The predicted molar refractivity (Wildman–Crippen MR) is 72.9 cm³/mol. The van der Waals surface area contributed by atoms with E-state index in [4.69, 9.17) is 14.7 Å². The lowest BCUT2D eigenvalue weighted by molar-refractivity contribution is -0.116. The number of methoxy groups -OCH3 is 2. The number of carbonyl (C=O) groups excluding carboxylic acids is 1. The summed E-state index contributed by atoms with van der Waals surface area (Å²) in [5.74, 6) is 0.816. The van der Waals surface area contributed by atoms with Gasteiger partial charge in [-0.15, -0.1) is 5.10 Å². The van der Waals surface area contributed by atoms with Gasteiger partial charge in [0.05, 0.1) is 19.9 Å². The van der Waals surface area contributed by atoms with Gasteiger partial charge in [-0.1, -0.05) is 0 Å². The number of carbonyl (C=O) groups is 1. The van der Waals surface area contributed by atoms with E-state index < -0.39 is 0 Å². The van der Waals surface area contributed by atoms with Crippen LogP contribution in [0.1, 0.15) is 5.82 Å². The van der Waals surface area contributed by atoms with Crippen molar-refractivity contribution in [1.29, 1.82) is 5.26 Å². The zero-order valence-corrected chi connectivity index (χ0v) is 11.5. The molecule has 0 aliphatic heterocycles. The van der Waals surface area contributed by atoms with Crippen molar-refractivity contribution in [2.75, 3.05) is 19.5 Å². The summed E-state index contributed by atoms with van der Waals surface area (Å²) in [7, 11) is 3.05. The van der Waals surface area contributed by atoms with Crippen molar-refractivity contribution >= 4 is 11.6 Å². The van der Waals surface area contributed by atoms with Crippen LogP contribution in [0, 0.1) is 11.3 Å². The van der Waals surface area contributed by atoms with Crippen molar-refractivity contribution in [3.8, 4) is 17.6 Å². The van der Waals surface area contributed by atoms with Crippen LogP contribution in [0.25, 0.3) is 0 Å². The Hall–Kier alpha value is -3.08. The van der Waals surface area contributed by atoms with Gasteiger partial charge in [0.2, 0.25) is 5.91 Å². The van der Waals surface area contributed by atoms with Gasteiger partial charge in [0, 0.05) is 6.07 Å². The Morgan fingerprint density at radius 1 is 1.43 bits per heavy atom. The Morgan fingerprint density at radius 2 is 2.24 bits per heavy atom. The minimum absolute atomic E-state index is 0.0184. The maximum absolute atomic E-state index is 11.9. The van der Waals surface area contributed by atoms with E-state index in [0.717, 1.165) is 0 Å². The number of hydrogen-bond acceptors (Lipinski definition) is 6. The zero-order chi connectivity index (χ0) is 15.2. The Balaban J connectivity index is 2.07. The van der Waals surface area contributed by atoms with Crippen molar-refractivity contribution in [2.45, 2.75) is 6.54 Å². The molecule has 1 amide bonds. The molecule has 0 aliphatic rings. The van der Waals surface area contributed by atoms with Gasteiger partial charge in [-0.05, 0) is 12.1 Å². The molecule has 8 nitrogen and oxygen atoms in total. The fraction of sp³-hybridized carbons (Fsp3) is 0.231. The fourth-order valence-corrected chi connectivity index (χ4v) is 1.66. The molecule has 0 aliphatic carbocycles. The van der Waals surface area contributed by atoms with Crippen molar-refractivity contribution in [2.24, 2.45) is 0 Å². The number of hydrogen-bond donors (Lipinski definition) is 1. The lowest BCUT2D eigenvalue weighted by Crippen LogP contribution is -2.19. The second kappa shape index (κ2) is 6.38. The molecule has 0 saturated carbocycles. The van der Waals surface area contributed by atoms with E-state index in [9.17, 15) is 4.79 Å². The number of benzene rings is 1. The Labute approximate surface area is 120 Å². The molecular weight excluding hydrogens is 274 g/mol. The van der Waals surface area contributed by atoms with Crippen LogP contribution >= 0.6 is 0 Å². The third kappa shape index (κ3) is 3.48. The number of ether oxygens (including phenoxy) is 2. The van der Waals surface area contributed by atoms with Crippen LogP contribution in [-0.4, -0.2) is 34.9 Å². The van der Waals surface area contributed by atoms with Gasteiger partial charge in [0.25, 0.3) is 5.82 Å². The summed E-state index contributed by atoms with van der Waals surface area (Å²) in [6.07, 6.45) is 1.32. The second-order valence-electron chi connectivity index (χ2n) is 3.99. The molecule has 0 atom stereocenters. The molecule has 0 bridgehead atoms. The molecule has 0 unspecified atom stereocenters. The Bertz CT molecular complexity index is 689. The molecule has 0 radical (unpaired) electrons. The van der Waals surface area contributed by atoms with Crippen molar-refractivity contribution in [3.63, 3.8) is 0 Å². The topological polar surface area (TPSA) is 102 Å². The molecule has 0 fully saturated rings. The first-order valence-corrected chi connectivity index (χ1v) is 5.97. The fourth-order valence-electron chi connectivity index (χ4n) is 1.66. The van der Waals surface area contributed by atoms with E-state index in [1.807, 2.05) is 0 Å². The number of nitriles is 1. The highest BCUT2D eigenvalue weighted by molar-refractivity contribution is 5.92. The number of aromatic nitrogens is 3. The van der Waals surface area contributed by atoms with Crippen LogP contribution in [-0.2, 0) is 11.3 Å². The molecule has 108 valence electrons. The van der Waals surface area contributed by atoms with Crippen LogP contribution in [0.15, 0.2) is 24.5 Å². The first kappa shape index (κ1) is 14.3. The largest absolute Gasteiger partial charge is 0.497 e. The average molecular weight is 287 g/mol. The SMILES string of the molecule is COc1ccc(NC(=O)Cn2cnc(C#N)n2)c(OC)c1. The third-order valence-electron chi connectivity index (χ3n) is 2.62. The summed E-state index contributed by atoms with van der Waals surface area (Å²) in [5.41, 5.74) is 0.518. The molecule has 2 rings (SSSR count). The van der Waals surface area contributed by atoms with E-state index in [0.29, 0.717) is 17.2 Å². The van der Waals surface area contributed by atoms with Crippen LogP contribution < -0.4 is 14.8 Å². The monoisotopic (exact) mass is 287 g/mol. The normalized spacial score (nSPS) is 9.76. The van der Waals surface area contributed by atoms with Gasteiger partial charge >= 0.3 is 0 Å². The lowest BCUT2D eigenvalue weighted by atomic mass is 10.2. The quantitative estimate of drug-likeness (QED) is 0.872. The first-order valence-electron chi connectivity index (χ1n) is 5.97. The third-order valence-corrected chi connectivity index (χ3v) is 2.62. The van der Waals surface area contributed by atoms with Gasteiger partial charge in [-0.2, -0.15) is 5.26 Å². The van der Waals surface area contributed by atoms with Crippen molar-refractivity contribution in [3.05, 3.63) is 30.4 Å². The molecule has 1 aromatic carbocycles. The van der Waals surface area contributed by atoms with Crippen LogP contribution in [0.3, 0.4) is 0 Å². The van der Waals surface area contributed by atoms with Crippen LogP contribution in [0.2, 0.25) is 0 Å². The van der Waals surface area contributed by atoms with Crippen molar-refractivity contribution < 1.29 is 14.3 Å². The van der Waals surface area contributed by atoms with Crippen LogP contribution in [0.4, 0.5) is 5.69 Å². The molecule has 1 aromatic heterocycles. The summed E-state index contributed by atoms with van der Waals surface area (Å²) >= 11 is 0. The summed E-state index contributed by atoms with van der Waals surface area (Å²) in [6.45, 7) is -0.0517. The number of amides is 1. The molecular formula is C13H13N5O3. The molecule has 1 heterocycles. The Kier molecular flexibility index (Phi) is 4.36. The summed E-state index contributed by atoms with van der Waals surface area (Å²) in [4.78, 5) is 15.7. The van der Waals surface area contributed by atoms with E-state index in [1.165, 1.54) is 18.1 Å². The van der Waals surface area contributed by atoms with Crippen LogP contribution in [0.5, 0.6) is 11.5 Å². The van der Waals surface area contributed by atoms with E-state index in [-0.39, 0.29) is 18.3 Å². The van der Waals surface area contributed by atoms with Gasteiger partial charge in [-0.3, -0.25) is 4.79 Å². The summed E-state index contributed by atoms with van der Waals surface area (Å²) in [6, 6.07) is 6.85. The maximum atomic E-state index is 11.9. The first-order chi connectivity index (χ1) is 10.2. The number of rotatable bonds is 5. The van der Waals surface area contributed by atoms with Gasteiger partial charge in [0.15, 0.2) is 0 Å². The maximum Gasteiger partial charge on any atom is 0.252 e. The molecule has 21 heavy (non-hydrogen) atoms. The van der Waals surface area contributed by atoms with Gasteiger partial charge in [-0.25, -0.2) is 9.67 Å².